The standard InChI is InChI=1S/C12H15FN2O3/c1-8-7-18-4-3-15(8)12(16)9-5-11(17-2)14-6-10(9)13/h5-6,8H,3-4,7H2,1-2H3/t8-/m0/s1. The average Bonchev–Trinajstić information content (AvgIpc) is 2.39. The molecule has 0 unspecified atom stereocenters. The minimum Gasteiger partial charge on any atom is -0.481 e. The van der Waals surface area contributed by atoms with Crippen molar-refractivity contribution in [1.29, 1.82) is 0 Å². The maximum Gasteiger partial charge on any atom is 0.257 e. The van der Waals surface area contributed by atoms with E-state index in [1.54, 1.807) is 4.90 Å². The van der Waals surface area contributed by atoms with E-state index in [4.69, 9.17) is 9.47 Å². The van der Waals surface area contributed by atoms with Gasteiger partial charge in [-0.1, -0.05) is 0 Å². The van der Waals surface area contributed by atoms with Crippen LogP contribution >= 0.6 is 0 Å². The molecule has 0 aromatic carbocycles. The van der Waals surface area contributed by atoms with Gasteiger partial charge in [0.2, 0.25) is 5.88 Å². The van der Waals surface area contributed by atoms with Gasteiger partial charge >= 0.3 is 0 Å². The highest BCUT2D eigenvalue weighted by Gasteiger charge is 2.27. The summed E-state index contributed by atoms with van der Waals surface area (Å²) < 4.78 is 23.8. The average molecular weight is 254 g/mol. The number of halogens is 1. The van der Waals surface area contributed by atoms with Gasteiger partial charge in [0.05, 0.1) is 38.1 Å². The maximum absolute atomic E-state index is 13.6. The molecule has 1 aliphatic heterocycles. The second-order valence-electron chi connectivity index (χ2n) is 4.13. The van der Waals surface area contributed by atoms with Gasteiger partial charge in [-0.3, -0.25) is 4.79 Å². The Labute approximate surface area is 105 Å². The summed E-state index contributed by atoms with van der Waals surface area (Å²) in [5, 5.41) is 0. The summed E-state index contributed by atoms with van der Waals surface area (Å²) in [4.78, 5) is 17.6. The Morgan fingerprint density at radius 2 is 2.44 bits per heavy atom. The molecule has 0 radical (unpaired) electrons. The second kappa shape index (κ2) is 5.30. The highest BCUT2D eigenvalue weighted by molar-refractivity contribution is 5.95. The molecule has 1 aromatic heterocycles. The van der Waals surface area contributed by atoms with Crippen LogP contribution in [0.1, 0.15) is 17.3 Å². The lowest BCUT2D eigenvalue weighted by molar-refractivity contribution is 0.00332. The van der Waals surface area contributed by atoms with Crippen molar-refractivity contribution >= 4 is 5.91 Å². The van der Waals surface area contributed by atoms with Gasteiger partial charge in [0, 0.05) is 12.6 Å². The van der Waals surface area contributed by atoms with Crippen LogP contribution in [0.3, 0.4) is 0 Å². The van der Waals surface area contributed by atoms with Crippen molar-refractivity contribution < 1.29 is 18.7 Å². The van der Waals surface area contributed by atoms with Crippen LogP contribution in [0, 0.1) is 5.82 Å². The Balaban J connectivity index is 2.27. The van der Waals surface area contributed by atoms with Gasteiger partial charge in [-0.2, -0.15) is 0 Å². The van der Waals surface area contributed by atoms with Crippen LogP contribution in [-0.4, -0.2) is 48.7 Å². The number of hydrogen-bond donors (Lipinski definition) is 0. The molecule has 1 aromatic rings. The van der Waals surface area contributed by atoms with Crippen LogP contribution in [0.15, 0.2) is 12.3 Å². The Morgan fingerprint density at radius 3 is 3.11 bits per heavy atom. The molecular weight excluding hydrogens is 239 g/mol. The van der Waals surface area contributed by atoms with Crippen LogP contribution in [0.4, 0.5) is 4.39 Å². The predicted octanol–water partition coefficient (Wildman–Crippen LogP) is 1.09. The molecule has 6 heteroatoms. The van der Waals surface area contributed by atoms with Crippen molar-refractivity contribution in [3.63, 3.8) is 0 Å². The first-order valence-corrected chi connectivity index (χ1v) is 5.71. The van der Waals surface area contributed by atoms with Gasteiger partial charge < -0.3 is 14.4 Å². The lowest BCUT2D eigenvalue weighted by Crippen LogP contribution is -2.47. The number of rotatable bonds is 2. The summed E-state index contributed by atoms with van der Waals surface area (Å²) in [5.41, 5.74) is -0.0180. The molecule has 1 atom stereocenters. The van der Waals surface area contributed by atoms with E-state index in [-0.39, 0.29) is 23.4 Å². The third-order valence-corrected chi connectivity index (χ3v) is 2.90. The second-order valence-corrected chi connectivity index (χ2v) is 4.13. The number of hydrogen-bond acceptors (Lipinski definition) is 4. The number of aromatic nitrogens is 1. The number of carbonyl (C=O) groups is 1. The number of pyridine rings is 1. The van der Waals surface area contributed by atoms with Crippen LogP contribution < -0.4 is 4.74 Å². The molecule has 1 saturated heterocycles. The Kier molecular flexibility index (Phi) is 3.76. The van der Waals surface area contributed by atoms with Crippen LogP contribution in [0.2, 0.25) is 0 Å². The van der Waals surface area contributed by atoms with E-state index >= 15 is 0 Å². The summed E-state index contributed by atoms with van der Waals surface area (Å²) in [6, 6.07) is 1.25. The van der Waals surface area contributed by atoms with Crippen molar-refractivity contribution in [2.75, 3.05) is 26.9 Å². The fourth-order valence-electron chi connectivity index (χ4n) is 1.88. The monoisotopic (exact) mass is 254 g/mol. The molecule has 2 rings (SSSR count). The summed E-state index contributed by atoms with van der Waals surface area (Å²) in [7, 11) is 1.42. The zero-order valence-electron chi connectivity index (χ0n) is 10.4. The Morgan fingerprint density at radius 1 is 1.67 bits per heavy atom. The van der Waals surface area contributed by atoms with Crippen LogP contribution in [-0.2, 0) is 4.74 Å². The maximum atomic E-state index is 13.6. The van der Waals surface area contributed by atoms with Gasteiger partial charge in [0.1, 0.15) is 0 Å². The van der Waals surface area contributed by atoms with E-state index in [1.165, 1.54) is 13.2 Å². The smallest absolute Gasteiger partial charge is 0.257 e. The zero-order chi connectivity index (χ0) is 13.1. The van der Waals surface area contributed by atoms with Crippen molar-refractivity contribution in [3.8, 4) is 5.88 Å². The topological polar surface area (TPSA) is 51.7 Å². The van der Waals surface area contributed by atoms with Gasteiger partial charge in [0.25, 0.3) is 5.91 Å². The fraction of sp³-hybridized carbons (Fsp3) is 0.500. The first-order valence-electron chi connectivity index (χ1n) is 5.71. The quantitative estimate of drug-likeness (QED) is 0.792. The summed E-state index contributed by atoms with van der Waals surface area (Å²) in [6.07, 6.45) is 0.997. The van der Waals surface area contributed by atoms with Crippen molar-refractivity contribution in [3.05, 3.63) is 23.6 Å². The molecular formula is C12H15FN2O3. The van der Waals surface area contributed by atoms with Crippen molar-refractivity contribution in [1.82, 2.24) is 9.88 Å². The van der Waals surface area contributed by atoms with E-state index in [9.17, 15) is 9.18 Å². The molecule has 1 aliphatic rings. The summed E-state index contributed by atoms with van der Waals surface area (Å²) in [5.74, 6) is -0.774. The highest BCUT2D eigenvalue weighted by Crippen LogP contribution is 2.18. The number of carbonyl (C=O) groups excluding carboxylic acids is 1. The molecule has 5 nitrogen and oxygen atoms in total. The molecule has 0 aliphatic carbocycles. The Hall–Kier alpha value is -1.69. The van der Waals surface area contributed by atoms with Gasteiger partial charge in [-0.15, -0.1) is 0 Å². The Bertz CT molecular complexity index is 453. The number of nitrogens with zero attached hydrogens (tertiary/aromatic N) is 2. The molecule has 18 heavy (non-hydrogen) atoms. The molecule has 0 saturated carbocycles. The highest BCUT2D eigenvalue weighted by atomic mass is 19.1. The largest absolute Gasteiger partial charge is 0.481 e. The summed E-state index contributed by atoms with van der Waals surface area (Å²) >= 11 is 0. The van der Waals surface area contributed by atoms with E-state index < -0.39 is 5.82 Å². The molecule has 1 fully saturated rings. The van der Waals surface area contributed by atoms with Gasteiger partial charge in [-0.25, -0.2) is 9.37 Å². The van der Waals surface area contributed by atoms with Crippen molar-refractivity contribution in [2.45, 2.75) is 13.0 Å². The number of methoxy groups -OCH3 is 1. The van der Waals surface area contributed by atoms with Crippen LogP contribution in [0.5, 0.6) is 5.88 Å². The van der Waals surface area contributed by atoms with E-state index in [0.29, 0.717) is 19.8 Å². The third-order valence-electron chi connectivity index (χ3n) is 2.90. The lowest BCUT2D eigenvalue weighted by Gasteiger charge is -2.33. The number of morpholine rings is 1. The fourth-order valence-corrected chi connectivity index (χ4v) is 1.88. The minimum atomic E-state index is -0.639. The molecule has 2 heterocycles. The lowest BCUT2D eigenvalue weighted by atomic mass is 10.1. The van der Waals surface area contributed by atoms with Gasteiger partial charge in [-0.05, 0) is 6.92 Å². The van der Waals surface area contributed by atoms with Crippen molar-refractivity contribution in [2.24, 2.45) is 0 Å². The van der Waals surface area contributed by atoms with E-state index in [1.807, 2.05) is 6.92 Å². The number of ether oxygens (including phenoxy) is 2. The third kappa shape index (κ3) is 2.43. The van der Waals surface area contributed by atoms with Gasteiger partial charge in [0.15, 0.2) is 5.82 Å². The molecule has 0 spiro atoms. The zero-order valence-corrected chi connectivity index (χ0v) is 10.4. The SMILES string of the molecule is COc1cc(C(=O)N2CCOC[C@@H]2C)c(F)cn1. The molecule has 0 bridgehead atoms. The first-order chi connectivity index (χ1) is 8.63. The van der Waals surface area contributed by atoms with E-state index in [2.05, 4.69) is 4.98 Å². The molecule has 98 valence electrons. The molecule has 1 amide bonds. The normalized spacial score (nSPS) is 19.7. The van der Waals surface area contributed by atoms with Crippen LogP contribution in [0.25, 0.3) is 0 Å². The minimum absolute atomic E-state index is 0.0180. The predicted molar refractivity (Wildman–Crippen MR) is 62.1 cm³/mol. The van der Waals surface area contributed by atoms with E-state index in [0.717, 1.165) is 6.20 Å². The number of amides is 1. The molecule has 0 N–H and O–H groups in total. The summed E-state index contributed by atoms with van der Waals surface area (Å²) in [6.45, 7) is 3.27. The first kappa shape index (κ1) is 12.8.